The number of piperidine rings is 1. The first-order valence-electron chi connectivity index (χ1n) is 5.64. The fraction of sp³-hybridized carbons (Fsp3) is 0.818. The largest absolute Gasteiger partial charge is 0.481 e. The van der Waals surface area contributed by atoms with Crippen LogP contribution < -0.4 is 5.32 Å². The number of carboxylic acid groups (broad SMARTS) is 1. The SMILES string of the molecule is CC(=O)NCCN1CCC(C)(C(=O)O)CC1. The summed E-state index contributed by atoms with van der Waals surface area (Å²) in [6, 6.07) is 0. The van der Waals surface area contributed by atoms with Gasteiger partial charge in [-0.3, -0.25) is 9.59 Å². The maximum Gasteiger partial charge on any atom is 0.309 e. The summed E-state index contributed by atoms with van der Waals surface area (Å²) >= 11 is 0. The normalized spacial score (nSPS) is 20.4. The van der Waals surface area contributed by atoms with E-state index in [-0.39, 0.29) is 5.91 Å². The molecule has 0 bridgehead atoms. The minimum atomic E-state index is -0.700. The van der Waals surface area contributed by atoms with Crippen molar-refractivity contribution in [2.24, 2.45) is 5.41 Å². The first-order valence-corrected chi connectivity index (χ1v) is 5.64. The summed E-state index contributed by atoms with van der Waals surface area (Å²) in [5, 5.41) is 11.8. The molecule has 0 saturated carbocycles. The average molecular weight is 228 g/mol. The van der Waals surface area contributed by atoms with Gasteiger partial charge < -0.3 is 15.3 Å². The van der Waals surface area contributed by atoms with Crippen LogP contribution in [-0.2, 0) is 9.59 Å². The van der Waals surface area contributed by atoms with Crippen LogP contribution in [0.5, 0.6) is 0 Å². The van der Waals surface area contributed by atoms with Gasteiger partial charge in [-0.15, -0.1) is 0 Å². The Balaban J connectivity index is 2.27. The number of nitrogens with one attached hydrogen (secondary N) is 1. The van der Waals surface area contributed by atoms with Crippen molar-refractivity contribution in [3.05, 3.63) is 0 Å². The molecule has 0 aromatic carbocycles. The smallest absolute Gasteiger partial charge is 0.309 e. The average Bonchev–Trinajstić information content (AvgIpc) is 2.20. The van der Waals surface area contributed by atoms with Gasteiger partial charge >= 0.3 is 5.97 Å². The molecule has 92 valence electrons. The molecule has 5 heteroatoms. The molecule has 0 radical (unpaired) electrons. The van der Waals surface area contributed by atoms with Gasteiger partial charge in [-0.05, 0) is 32.9 Å². The van der Waals surface area contributed by atoms with Crippen molar-refractivity contribution in [1.29, 1.82) is 0 Å². The number of carbonyl (C=O) groups is 2. The fourth-order valence-electron chi connectivity index (χ4n) is 1.87. The minimum Gasteiger partial charge on any atom is -0.481 e. The summed E-state index contributed by atoms with van der Waals surface area (Å²) in [5.74, 6) is -0.721. The molecule has 0 aliphatic carbocycles. The number of rotatable bonds is 4. The molecule has 0 aromatic heterocycles. The van der Waals surface area contributed by atoms with Crippen LogP contribution in [-0.4, -0.2) is 48.1 Å². The molecule has 2 N–H and O–H groups in total. The Labute approximate surface area is 95.8 Å². The highest BCUT2D eigenvalue weighted by Gasteiger charge is 2.36. The summed E-state index contributed by atoms with van der Waals surface area (Å²) in [6.45, 7) is 6.33. The third-order valence-electron chi connectivity index (χ3n) is 3.28. The second-order valence-electron chi connectivity index (χ2n) is 4.69. The Bertz CT molecular complexity index is 270. The van der Waals surface area contributed by atoms with E-state index in [1.165, 1.54) is 6.92 Å². The Hall–Kier alpha value is -1.10. The lowest BCUT2D eigenvalue weighted by atomic mass is 9.80. The van der Waals surface area contributed by atoms with Crippen LogP contribution in [0.3, 0.4) is 0 Å². The van der Waals surface area contributed by atoms with E-state index in [9.17, 15) is 9.59 Å². The molecule has 0 aromatic rings. The lowest BCUT2D eigenvalue weighted by Crippen LogP contribution is -2.44. The number of hydrogen-bond acceptors (Lipinski definition) is 3. The van der Waals surface area contributed by atoms with E-state index in [4.69, 9.17) is 5.11 Å². The van der Waals surface area contributed by atoms with Gasteiger partial charge in [0.05, 0.1) is 5.41 Å². The van der Waals surface area contributed by atoms with Crippen molar-refractivity contribution >= 4 is 11.9 Å². The second kappa shape index (κ2) is 5.30. The van der Waals surface area contributed by atoms with Crippen LogP contribution in [0.4, 0.5) is 0 Å². The van der Waals surface area contributed by atoms with Gasteiger partial charge in [0.15, 0.2) is 0 Å². The highest BCUT2D eigenvalue weighted by atomic mass is 16.4. The van der Waals surface area contributed by atoms with Crippen LogP contribution >= 0.6 is 0 Å². The number of likely N-dealkylation sites (tertiary alicyclic amines) is 1. The first-order chi connectivity index (χ1) is 7.44. The molecule has 1 rings (SSSR count). The minimum absolute atomic E-state index is 0.0209. The molecule has 1 heterocycles. The Morgan fingerprint density at radius 1 is 1.38 bits per heavy atom. The number of carbonyl (C=O) groups excluding carboxylic acids is 1. The molecule has 1 aliphatic heterocycles. The number of hydrogen-bond donors (Lipinski definition) is 2. The van der Waals surface area contributed by atoms with E-state index in [1.54, 1.807) is 6.92 Å². The van der Waals surface area contributed by atoms with E-state index in [0.717, 1.165) is 19.6 Å². The number of amides is 1. The zero-order chi connectivity index (χ0) is 12.2. The summed E-state index contributed by atoms with van der Waals surface area (Å²) in [6.07, 6.45) is 1.37. The number of nitrogens with zero attached hydrogens (tertiary/aromatic N) is 1. The quantitative estimate of drug-likeness (QED) is 0.726. The molecule has 1 saturated heterocycles. The van der Waals surface area contributed by atoms with Crippen LogP contribution in [0.1, 0.15) is 26.7 Å². The Kier molecular flexibility index (Phi) is 4.29. The van der Waals surface area contributed by atoms with E-state index in [0.29, 0.717) is 19.4 Å². The van der Waals surface area contributed by atoms with Gasteiger partial charge in [0, 0.05) is 20.0 Å². The molecule has 1 amide bonds. The summed E-state index contributed by atoms with van der Waals surface area (Å²) in [5.41, 5.74) is -0.565. The van der Waals surface area contributed by atoms with Gasteiger partial charge in [0.2, 0.25) is 5.91 Å². The molecule has 0 spiro atoms. The highest BCUT2D eigenvalue weighted by Crippen LogP contribution is 2.30. The molecular weight excluding hydrogens is 208 g/mol. The fourth-order valence-corrected chi connectivity index (χ4v) is 1.87. The van der Waals surface area contributed by atoms with Crippen molar-refractivity contribution in [1.82, 2.24) is 10.2 Å². The van der Waals surface area contributed by atoms with Gasteiger partial charge in [-0.2, -0.15) is 0 Å². The summed E-state index contributed by atoms with van der Waals surface area (Å²) in [4.78, 5) is 23.9. The van der Waals surface area contributed by atoms with Crippen molar-refractivity contribution in [3.63, 3.8) is 0 Å². The van der Waals surface area contributed by atoms with Crippen LogP contribution in [0.25, 0.3) is 0 Å². The standard InChI is InChI=1S/C11H20N2O3/c1-9(14)12-5-8-13-6-3-11(2,4-7-13)10(15)16/h3-8H2,1-2H3,(H,12,14)(H,15,16). The molecular formula is C11H20N2O3. The van der Waals surface area contributed by atoms with Crippen LogP contribution in [0, 0.1) is 5.41 Å². The zero-order valence-corrected chi connectivity index (χ0v) is 9.95. The Morgan fingerprint density at radius 2 is 1.94 bits per heavy atom. The second-order valence-corrected chi connectivity index (χ2v) is 4.69. The topological polar surface area (TPSA) is 69.6 Å². The van der Waals surface area contributed by atoms with Crippen LogP contribution in [0.15, 0.2) is 0 Å². The molecule has 0 atom stereocenters. The molecule has 1 aliphatic rings. The molecule has 16 heavy (non-hydrogen) atoms. The van der Waals surface area contributed by atoms with Crippen molar-refractivity contribution in [2.45, 2.75) is 26.7 Å². The predicted octanol–water partition coefficient (Wildman–Crippen LogP) is 0.309. The van der Waals surface area contributed by atoms with E-state index < -0.39 is 11.4 Å². The highest BCUT2D eigenvalue weighted by molar-refractivity contribution is 5.74. The monoisotopic (exact) mass is 228 g/mol. The van der Waals surface area contributed by atoms with Crippen molar-refractivity contribution in [3.8, 4) is 0 Å². The van der Waals surface area contributed by atoms with E-state index >= 15 is 0 Å². The predicted molar refractivity (Wildman–Crippen MR) is 60.1 cm³/mol. The molecule has 1 fully saturated rings. The van der Waals surface area contributed by atoms with Gasteiger partial charge in [0.25, 0.3) is 0 Å². The third-order valence-corrected chi connectivity index (χ3v) is 3.28. The van der Waals surface area contributed by atoms with Crippen molar-refractivity contribution < 1.29 is 14.7 Å². The number of aliphatic carboxylic acids is 1. The summed E-state index contributed by atoms with van der Waals surface area (Å²) < 4.78 is 0. The maximum atomic E-state index is 11.0. The number of carboxylic acids is 1. The Morgan fingerprint density at radius 3 is 2.38 bits per heavy atom. The van der Waals surface area contributed by atoms with E-state index in [2.05, 4.69) is 10.2 Å². The first kappa shape index (κ1) is 13.0. The zero-order valence-electron chi connectivity index (χ0n) is 9.95. The van der Waals surface area contributed by atoms with Crippen molar-refractivity contribution in [2.75, 3.05) is 26.2 Å². The van der Waals surface area contributed by atoms with Gasteiger partial charge in [-0.1, -0.05) is 0 Å². The lowest BCUT2D eigenvalue weighted by Gasteiger charge is -2.36. The molecule has 5 nitrogen and oxygen atoms in total. The third kappa shape index (κ3) is 3.48. The van der Waals surface area contributed by atoms with Gasteiger partial charge in [0.1, 0.15) is 0 Å². The lowest BCUT2D eigenvalue weighted by molar-refractivity contribution is -0.150. The summed E-state index contributed by atoms with van der Waals surface area (Å²) in [7, 11) is 0. The van der Waals surface area contributed by atoms with Crippen LogP contribution in [0.2, 0.25) is 0 Å². The molecule has 0 unspecified atom stereocenters. The maximum absolute atomic E-state index is 11.0. The van der Waals surface area contributed by atoms with Gasteiger partial charge in [-0.25, -0.2) is 0 Å². The van der Waals surface area contributed by atoms with E-state index in [1.807, 2.05) is 0 Å².